The number of carboxylic acid groups (broad SMARTS) is 1. The normalized spacial score (nSPS) is 29.2. The van der Waals surface area contributed by atoms with Crippen molar-refractivity contribution in [1.82, 2.24) is 4.90 Å². The predicted octanol–water partition coefficient (Wildman–Crippen LogP) is 2.00. The summed E-state index contributed by atoms with van der Waals surface area (Å²) in [5.41, 5.74) is -0.0567. The summed E-state index contributed by atoms with van der Waals surface area (Å²) in [4.78, 5) is 13.1. The topological polar surface area (TPSA) is 49.8 Å². The predicted molar refractivity (Wildman–Crippen MR) is 66.9 cm³/mol. The van der Waals surface area contributed by atoms with Crippen molar-refractivity contribution in [3.63, 3.8) is 0 Å². The van der Waals surface area contributed by atoms with Crippen molar-refractivity contribution < 1.29 is 19.0 Å². The Bertz CT molecular complexity index is 497. The van der Waals surface area contributed by atoms with E-state index in [0.717, 1.165) is 38.5 Å². The van der Waals surface area contributed by atoms with Crippen LogP contribution < -0.4 is 4.74 Å². The van der Waals surface area contributed by atoms with Crippen LogP contribution in [0, 0.1) is 11.7 Å². The highest BCUT2D eigenvalue weighted by molar-refractivity contribution is 5.87. The van der Waals surface area contributed by atoms with Crippen molar-refractivity contribution >= 4 is 5.97 Å². The number of aromatic carboxylic acids is 1. The minimum atomic E-state index is -1.13. The molecule has 0 aromatic heterocycles. The smallest absolute Gasteiger partial charge is 0.335 e. The van der Waals surface area contributed by atoms with E-state index in [-0.39, 0.29) is 17.4 Å². The monoisotopic (exact) mass is 265 g/mol. The highest BCUT2D eigenvalue weighted by Gasteiger charge is 2.35. The quantitative estimate of drug-likeness (QED) is 0.908. The van der Waals surface area contributed by atoms with E-state index in [0.29, 0.717) is 5.92 Å². The zero-order valence-electron chi connectivity index (χ0n) is 10.5. The Kier molecular flexibility index (Phi) is 3.14. The highest BCUT2D eigenvalue weighted by Crippen LogP contribution is 2.31. The van der Waals surface area contributed by atoms with Gasteiger partial charge in [-0.3, -0.25) is 4.90 Å². The van der Waals surface area contributed by atoms with E-state index in [1.165, 1.54) is 12.1 Å². The lowest BCUT2D eigenvalue weighted by Crippen LogP contribution is -2.52. The van der Waals surface area contributed by atoms with E-state index in [2.05, 4.69) is 4.90 Å². The van der Waals surface area contributed by atoms with Gasteiger partial charge in [0.1, 0.15) is 6.10 Å². The van der Waals surface area contributed by atoms with Crippen LogP contribution in [0.1, 0.15) is 23.2 Å². The largest absolute Gasteiger partial charge is 0.486 e. The van der Waals surface area contributed by atoms with Crippen LogP contribution in [0.3, 0.4) is 0 Å². The zero-order valence-corrected chi connectivity index (χ0v) is 10.5. The van der Waals surface area contributed by atoms with Crippen LogP contribution in [0.15, 0.2) is 18.2 Å². The van der Waals surface area contributed by atoms with Gasteiger partial charge >= 0.3 is 5.97 Å². The molecule has 4 rings (SSSR count). The number of hydrogen-bond donors (Lipinski definition) is 1. The summed E-state index contributed by atoms with van der Waals surface area (Å²) in [5, 5.41) is 8.79. The lowest BCUT2D eigenvalue weighted by Gasteiger charge is -2.44. The van der Waals surface area contributed by atoms with Crippen molar-refractivity contribution in [2.45, 2.75) is 18.9 Å². The van der Waals surface area contributed by atoms with Gasteiger partial charge in [-0.1, -0.05) is 0 Å². The molecule has 0 radical (unpaired) electrons. The van der Waals surface area contributed by atoms with E-state index in [9.17, 15) is 9.18 Å². The van der Waals surface area contributed by atoms with E-state index >= 15 is 0 Å². The van der Waals surface area contributed by atoms with Crippen LogP contribution in [0.4, 0.5) is 4.39 Å². The van der Waals surface area contributed by atoms with Gasteiger partial charge in [-0.2, -0.15) is 0 Å². The summed E-state index contributed by atoms with van der Waals surface area (Å²) in [5.74, 6) is -1.09. The first-order valence-electron chi connectivity index (χ1n) is 6.55. The van der Waals surface area contributed by atoms with Gasteiger partial charge in [-0.15, -0.1) is 0 Å². The fraction of sp³-hybridized carbons (Fsp3) is 0.500. The number of nitrogens with zero attached hydrogens (tertiary/aromatic N) is 1. The summed E-state index contributed by atoms with van der Waals surface area (Å²) in [7, 11) is 0. The molecule has 0 saturated carbocycles. The van der Waals surface area contributed by atoms with Gasteiger partial charge in [0, 0.05) is 6.54 Å². The van der Waals surface area contributed by atoms with Crippen LogP contribution in [-0.2, 0) is 0 Å². The van der Waals surface area contributed by atoms with Crippen molar-refractivity contribution in [1.29, 1.82) is 0 Å². The van der Waals surface area contributed by atoms with Gasteiger partial charge in [0.15, 0.2) is 11.6 Å². The average Bonchev–Trinajstić information content (AvgIpc) is 2.42. The molecule has 19 heavy (non-hydrogen) atoms. The first-order chi connectivity index (χ1) is 9.13. The summed E-state index contributed by atoms with van der Waals surface area (Å²) < 4.78 is 19.6. The van der Waals surface area contributed by atoms with E-state index < -0.39 is 11.8 Å². The van der Waals surface area contributed by atoms with Crippen LogP contribution in [-0.4, -0.2) is 41.7 Å². The zero-order chi connectivity index (χ0) is 13.4. The second kappa shape index (κ2) is 4.81. The summed E-state index contributed by atoms with van der Waals surface area (Å²) >= 11 is 0. The molecule has 1 aromatic carbocycles. The molecule has 102 valence electrons. The Morgan fingerprint density at radius 1 is 1.37 bits per heavy atom. The molecule has 1 unspecified atom stereocenters. The molecule has 1 N–H and O–H groups in total. The molecule has 0 amide bonds. The molecule has 3 fully saturated rings. The lowest BCUT2D eigenvalue weighted by atomic mass is 9.86. The number of hydrogen-bond acceptors (Lipinski definition) is 3. The second-order valence-electron chi connectivity index (χ2n) is 5.24. The first kappa shape index (κ1) is 12.4. The Balaban J connectivity index is 1.75. The van der Waals surface area contributed by atoms with E-state index in [1.807, 2.05) is 0 Å². The molecule has 0 spiro atoms. The Hall–Kier alpha value is -1.62. The van der Waals surface area contributed by atoms with Gasteiger partial charge in [0.25, 0.3) is 0 Å². The molecule has 1 aromatic rings. The molecule has 3 aliphatic heterocycles. The minimum Gasteiger partial charge on any atom is -0.486 e. The number of fused-ring (bicyclic) bond motifs is 3. The van der Waals surface area contributed by atoms with Gasteiger partial charge in [-0.25, -0.2) is 9.18 Å². The number of halogens is 1. The van der Waals surface area contributed by atoms with Crippen LogP contribution in [0.5, 0.6) is 5.75 Å². The highest BCUT2D eigenvalue weighted by atomic mass is 19.1. The third kappa shape index (κ3) is 2.42. The molecular weight excluding hydrogens is 249 g/mol. The summed E-state index contributed by atoms with van der Waals surface area (Å²) in [6, 6.07) is 3.80. The number of piperidine rings is 3. The number of carboxylic acids is 1. The first-order valence-corrected chi connectivity index (χ1v) is 6.55. The van der Waals surface area contributed by atoms with Crippen molar-refractivity contribution in [3.8, 4) is 5.75 Å². The maximum atomic E-state index is 13.8. The SMILES string of the molecule is O=C(O)c1ccc(OC2CN3CCC2CC3)c(F)c1. The van der Waals surface area contributed by atoms with Crippen molar-refractivity contribution in [2.24, 2.45) is 5.92 Å². The summed E-state index contributed by atoms with van der Waals surface area (Å²) in [6.07, 6.45) is 2.21. The molecule has 3 saturated heterocycles. The summed E-state index contributed by atoms with van der Waals surface area (Å²) in [6.45, 7) is 3.04. The Labute approximate surface area is 110 Å². The minimum absolute atomic E-state index is 0.0210. The van der Waals surface area contributed by atoms with Crippen LogP contribution >= 0.6 is 0 Å². The maximum Gasteiger partial charge on any atom is 0.335 e. The van der Waals surface area contributed by atoms with Gasteiger partial charge in [0.05, 0.1) is 5.56 Å². The number of benzene rings is 1. The van der Waals surface area contributed by atoms with Gasteiger partial charge in [0.2, 0.25) is 0 Å². The molecule has 3 heterocycles. The second-order valence-corrected chi connectivity index (χ2v) is 5.24. The molecule has 2 bridgehead atoms. The molecule has 1 atom stereocenters. The number of rotatable bonds is 3. The standard InChI is InChI=1S/C14H16FNO3/c15-11-7-10(14(17)18)1-2-12(11)19-13-8-16-5-3-9(13)4-6-16/h1-2,7,9,13H,3-6,8H2,(H,17,18). The van der Waals surface area contributed by atoms with E-state index in [1.54, 1.807) is 0 Å². The average molecular weight is 265 g/mol. The van der Waals surface area contributed by atoms with Gasteiger partial charge < -0.3 is 9.84 Å². The molecule has 5 heteroatoms. The maximum absolute atomic E-state index is 13.8. The molecular formula is C14H16FNO3. The molecule has 0 aliphatic carbocycles. The van der Waals surface area contributed by atoms with Gasteiger partial charge in [-0.05, 0) is 50.0 Å². The fourth-order valence-electron chi connectivity index (χ4n) is 2.94. The Morgan fingerprint density at radius 2 is 2.11 bits per heavy atom. The van der Waals surface area contributed by atoms with Crippen LogP contribution in [0.2, 0.25) is 0 Å². The third-order valence-electron chi connectivity index (χ3n) is 4.05. The van der Waals surface area contributed by atoms with Crippen molar-refractivity contribution in [3.05, 3.63) is 29.6 Å². The molecule has 4 nitrogen and oxygen atoms in total. The lowest BCUT2D eigenvalue weighted by molar-refractivity contribution is -0.00950. The van der Waals surface area contributed by atoms with Crippen molar-refractivity contribution in [2.75, 3.05) is 19.6 Å². The fourth-order valence-corrected chi connectivity index (χ4v) is 2.94. The Morgan fingerprint density at radius 3 is 2.63 bits per heavy atom. The van der Waals surface area contributed by atoms with Crippen LogP contribution in [0.25, 0.3) is 0 Å². The van der Waals surface area contributed by atoms with E-state index in [4.69, 9.17) is 9.84 Å². The number of carbonyl (C=O) groups is 1. The molecule has 3 aliphatic rings. The third-order valence-corrected chi connectivity index (χ3v) is 4.05. The number of ether oxygens (including phenoxy) is 1.